The van der Waals surface area contributed by atoms with E-state index in [1.807, 2.05) is 42.2 Å². The quantitative estimate of drug-likeness (QED) is 0.182. The van der Waals surface area contributed by atoms with Gasteiger partial charge in [0, 0.05) is 45.9 Å². The molecule has 6 rings (SSSR count). The zero-order chi connectivity index (χ0) is 31.2. The third-order valence-electron chi connectivity index (χ3n) is 9.76. The number of para-hydroxylation sites is 2. The van der Waals surface area contributed by atoms with Crippen molar-refractivity contribution in [1.82, 2.24) is 19.4 Å². The average molecular weight is 612 g/mol. The van der Waals surface area contributed by atoms with E-state index in [1.54, 1.807) is 0 Å². The Morgan fingerprint density at radius 2 is 1.71 bits per heavy atom. The first-order valence-corrected chi connectivity index (χ1v) is 16.5. The summed E-state index contributed by atoms with van der Waals surface area (Å²) in [6.45, 7) is 12.3. The Balaban J connectivity index is 1.16. The molecule has 7 nitrogen and oxygen atoms in total. The Labute approximate surface area is 266 Å². The van der Waals surface area contributed by atoms with E-state index in [1.165, 1.54) is 23.3 Å². The van der Waals surface area contributed by atoms with Gasteiger partial charge in [0.15, 0.2) is 0 Å². The second kappa shape index (κ2) is 14.1. The number of carbonyl (C=O) groups is 1. The summed E-state index contributed by atoms with van der Waals surface area (Å²) in [4.78, 5) is 26.3. The molecule has 3 aromatic carbocycles. The van der Waals surface area contributed by atoms with Gasteiger partial charge in [-0.15, -0.1) is 0 Å². The molecule has 2 aliphatic heterocycles. The van der Waals surface area contributed by atoms with Crippen molar-refractivity contribution >= 4 is 22.9 Å². The predicted octanol–water partition coefficient (Wildman–Crippen LogP) is 6.08. The van der Waals surface area contributed by atoms with Crippen LogP contribution in [0.1, 0.15) is 42.9 Å². The van der Waals surface area contributed by atoms with E-state index in [0.29, 0.717) is 26.2 Å². The summed E-state index contributed by atoms with van der Waals surface area (Å²) in [6, 6.07) is 23.4. The smallest absolute Gasteiger partial charge is 0.229 e. The summed E-state index contributed by atoms with van der Waals surface area (Å²) in [6.07, 6.45) is 3.28. The van der Waals surface area contributed by atoms with Crippen molar-refractivity contribution in [2.24, 2.45) is 5.41 Å². The van der Waals surface area contributed by atoms with Crippen LogP contribution in [0.2, 0.25) is 0 Å². The minimum absolute atomic E-state index is 0.231. The first kappa shape index (κ1) is 31.2. The molecule has 1 amide bonds. The lowest BCUT2D eigenvalue weighted by Gasteiger charge is -2.31. The van der Waals surface area contributed by atoms with Crippen LogP contribution in [0.15, 0.2) is 72.8 Å². The lowest BCUT2D eigenvalue weighted by Crippen LogP contribution is -2.40. The van der Waals surface area contributed by atoms with Crippen molar-refractivity contribution in [3.63, 3.8) is 0 Å². The van der Waals surface area contributed by atoms with Crippen molar-refractivity contribution < 1.29 is 13.9 Å². The van der Waals surface area contributed by atoms with Crippen molar-refractivity contribution in [2.45, 2.75) is 52.6 Å². The molecule has 8 heteroatoms. The molecule has 2 aliphatic rings. The first-order chi connectivity index (χ1) is 22.0. The lowest BCUT2D eigenvalue weighted by atomic mass is 9.77. The SMILES string of the molecule is CCOCCn1c(N2CCCN(CCC3(Cc4ccc(F)cc4)CCN(Cc4ccccc4C)C3=O)CC2)nc2ccccc21. The van der Waals surface area contributed by atoms with Crippen LogP contribution in [0, 0.1) is 18.2 Å². The number of nitrogens with zero attached hydrogens (tertiary/aromatic N) is 5. The highest BCUT2D eigenvalue weighted by molar-refractivity contribution is 5.85. The number of rotatable bonds is 12. The zero-order valence-corrected chi connectivity index (χ0v) is 26.8. The Morgan fingerprint density at radius 3 is 2.53 bits per heavy atom. The highest BCUT2D eigenvalue weighted by Gasteiger charge is 2.46. The maximum Gasteiger partial charge on any atom is 0.229 e. The van der Waals surface area contributed by atoms with Gasteiger partial charge in [0.05, 0.1) is 23.1 Å². The second-order valence-corrected chi connectivity index (χ2v) is 12.7. The highest BCUT2D eigenvalue weighted by Crippen LogP contribution is 2.40. The molecule has 4 aromatic rings. The van der Waals surface area contributed by atoms with E-state index in [4.69, 9.17) is 9.72 Å². The fourth-order valence-corrected chi connectivity index (χ4v) is 7.11. The summed E-state index contributed by atoms with van der Waals surface area (Å²) in [5, 5.41) is 0. The van der Waals surface area contributed by atoms with Gasteiger partial charge >= 0.3 is 0 Å². The fraction of sp³-hybridized carbons (Fsp3) is 0.459. The van der Waals surface area contributed by atoms with Crippen LogP contribution in [0.4, 0.5) is 10.3 Å². The summed E-state index contributed by atoms with van der Waals surface area (Å²) in [5.74, 6) is 1.00. The van der Waals surface area contributed by atoms with Gasteiger partial charge in [-0.2, -0.15) is 0 Å². The number of anilines is 1. The molecule has 2 saturated heterocycles. The average Bonchev–Trinajstić information content (AvgIpc) is 3.45. The van der Waals surface area contributed by atoms with Crippen LogP contribution in [-0.2, 0) is 29.0 Å². The molecule has 0 aliphatic carbocycles. The van der Waals surface area contributed by atoms with E-state index in [2.05, 4.69) is 51.6 Å². The number of carbonyl (C=O) groups excluding carboxylic acids is 1. The fourth-order valence-electron chi connectivity index (χ4n) is 7.11. The van der Waals surface area contributed by atoms with Gasteiger partial charge in [0.1, 0.15) is 5.82 Å². The van der Waals surface area contributed by atoms with Crippen molar-refractivity contribution in [1.29, 1.82) is 0 Å². The van der Waals surface area contributed by atoms with Gasteiger partial charge in [0.25, 0.3) is 0 Å². The van der Waals surface area contributed by atoms with Crippen molar-refractivity contribution in [2.75, 3.05) is 57.4 Å². The van der Waals surface area contributed by atoms with Gasteiger partial charge in [-0.3, -0.25) is 4.79 Å². The molecule has 0 bridgehead atoms. The Hall–Kier alpha value is -3.75. The zero-order valence-electron chi connectivity index (χ0n) is 26.8. The number of aryl methyl sites for hydroxylation is 1. The van der Waals surface area contributed by atoms with Gasteiger partial charge in [0.2, 0.25) is 11.9 Å². The van der Waals surface area contributed by atoms with Crippen LogP contribution in [0.25, 0.3) is 11.0 Å². The van der Waals surface area contributed by atoms with E-state index in [9.17, 15) is 9.18 Å². The van der Waals surface area contributed by atoms with Gasteiger partial charge in [-0.25, -0.2) is 9.37 Å². The van der Waals surface area contributed by atoms with Crippen LogP contribution >= 0.6 is 0 Å². The number of hydrogen-bond acceptors (Lipinski definition) is 5. The highest BCUT2D eigenvalue weighted by atomic mass is 19.1. The minimum Gasteiger partial charge on any atom is -0.380 e. The largest absolute Gasteiger partial charge is 0.380 e. The maximum atomic E-state index is 14.2. The number of halogens is 1. The van der Waals surface area contributed by atoms with Crippen molar-refractivity contribution in [3.05, 3.63) is 95.3 Å². The first-order valence-electron chi connectivity index (χ1n) is 16.5. The number of hydrogen-bond donors (Lipinski definition) is 0. The third-order valence-corrected chi connectivity index (χ3v) is 9.76. The minimum atomic E-state index is -0.486. The van der Waals surface area contributed by atoms with E-state index >= 15 is 0 Å². The molecular weight excluding hydrogens is 565 g/mol. The van der Waals surface area contributed by atoms with E-state index < -0.39 is 5.41 Å². The Kier molecular flexibility index (Phi) is 9.81. The predicted molar refractivity (Wildman–Crippen MR) is 178 cm³/mol. The Morgan fingerprint density at radius 1 is 0.911 bits per heavy atom. The van der Waals surface area contributed by atoms with Crippen LogP contribution in [0.5, 0.6) is 0 Å². The number of imidazole rings is 1. The summed E-state index contributed by atoms with van der Waals surface area (Å²) in [7, 11) is 0. The number of aromatic nitrogens is 2. The number of amides is 1. The third kappa shape index (κ3) is 7.07. The molecule has 1 unspecified atom stereocenters. The summed E-state index contributed by atoms with van der Waals surface area (Å²) in [5.41, 5.74) is 5.11. The van der Waals surface area contributed by atoms with Crippen molar-refractivity contribution in [3.8, 4) is 0 Å². The van der Waals surface area contributed by atoms with Crippen LogP contribution in [-0.4, -0.2) is 77.7 Å². The number of fused-ring (bicyclic) bond motifs is 1. The standard InChI is InChI=1S/C37H46FN5O2/c1-3-45-26-25-43-34-12-7-6-11-33(34)39-36(43)41-20-8-19-40(23-24-41)21-17-37(27-30-13-15-32(38)16-14-30)18-22-42(35(37)44)28-31-10-5-4-9-29(31)2/h4-7,9-16H,3,8,17-28H2,1-2H3. The number of likely N-dealkylation sites (tertiary alicyclic amines) is 1. The maximum absolute atomic E-state index is 14.2. The normalized spacial score (nSPS) is 19.5. The molecule has 0 radical (unpaired) electrons. The van der Waals surface area contributed by atoms with Gasteiger partial charge in [-0.1, -0.05) is 48.5 Å². The monoisotopic (exact) mass is 611 g/mol. The van der Waals surface area contributed by atoms with E-state index in [-0.39, 0.29) is 11.7 Å². The molecule has 1 aromatic heterocycles. The van der Waals surface area contributed by atoms with Crippen LogP contribution in [0.3, 0.4) is 0 Å². The van der Waals surface area contributed by atoms with Crippen LogP contribution < -0.4 is 4.90 Å². The molecule has 0 spiro atoms. The topological polar surface area (TPSA) is 53.8 Å². The van der Waals surface area contributed by atoms with Gasteiger partial charge < -0.3 is 24.0 Å². The number of ether oxygens (including phenoxy) is 1. The molecular formula is C37H46FN5O2. The molecule has 1 atom stereocenters. The molecule has 0 N–H and O–H groups in total. The molecule has 238 valence electrons. The Bertz CT molecular complexity index is 1590. The molecule has 3 heterocycles. The number of benzene rings is 3. The molecule has 0 saturated carbocycles. The van der Waals surface area contributed by atoms with Gasteiger partial charge in [-0.05, 0) is 93.6 Å². The molecule has 2 fully saturated rings. The summed E-state index contributed by atoms with van der Waals surface area (Å²) < 4.78 is 21.8. The molecule has 45 heavy (non-hydrogen) atoms. The summed E-state index contributed by atoms with van der Waals surface area (Å²) >= 11 is 0. The lowest BCUT2D eigenvalue weighted by molar-refractivity contribution is -0.137. The second-order valence-electron chi connectivity index (χ2n) is 12.7. The van der Waals surface area contributed by atoms with E-state index in [0.717, 1.165) is 87.6 Å².